The molecular weight excluding hydrogens is 365 g/mol. The van der Waals surface area contributed by atoms with E-state index < -0.39 is 0 Å². The average Bonchev–Trinajstić information content (AvgIpc) is 2.71. The lowest BCUT2D eigenvalue weighted by atomic mass is 10.1. The zero-order valence-electron chi connectivity index (χ0n) is 9.48. The maximum atomic E-state index is 10.9. The minimum Gasteiger partial charge on any atom is -0.507 e. The summed E-state index contributed by atoms with van der Waals surface area (Å²) in [6.45, 7) is 1.92. The molecule has 0 bridgehead atoms. The van der Waals surface area contributed by atoms with Gasteiger partial charge in [0, 0.05) is 9.13 Å². The minimum atomic E-state index is -0.0679. The van der Waals surface area contributed by atoms with Crippen molar-refractivity contribution < 1.29 is 9.90 Å². The molecule has 0 aromatic heterocycles. The average molecular weight is 375 g/mol. The number of aryl methyl sites for hydroxylation is 1. The van der Waals surface area contributed by atoms with Crippen molar-refractivity contribution in [2.75, 3.05) is 5.75 Å². The van der Waals surface area contributed by atoms with Crippen LogP contribution in [0.1, 0.15) is 11.1 Å². The molecule has 1 aliphatic rings. The molecule has 0 atom stereocenters. The first-order valence-corrected chi connectivity index (χ1v) is 7.15. The zero-order valence-corrected chi connectivity index (χ0v) is 12.4. The van der Waals surface area contributed by atoms with Crippen molar-refractivity contribution in [2.45, 2.75) is 6.92 Å². The second-order valence-corrected chi connectivity index (χ2v) is 5.77. The minimum absolute atomic E-state index is 0.0679. The molecule has 5 nitrogen and oxygen atoms in total. The van der Waals surface area contributed by atoms with Crippen molar-refractivity contribution in [3.05, 3.63) is 26.8 Å². The van der Waals surface area contributed by atoms with Gasteiger partial charge in [0.05, 0.1) is 12.0 Å². The highest BCUT2D eigenvalue weighted by atomic mass is 127. The summed E-state index contributed by atoms with van der Waals surface area (Å²) < 4.78 is 1.04. The van der Waals surface area contributed by atoms with Crippen molar-refractivity contribution in [3.8, 4) is 5.75 Å². The molecule has 0 saturated carbocycles. The van der Waals surface area contributed by atoms with Crippen molar-refractivity contribution in [1.82, 2.24) is 5.32 Å². The summed E-state index contributed by atoms with van der Waals surface area (Å²) >= 11 is 3.50. The molecule has 7 heteroatoms. The normalized spacial score (nSPS) is 17.7. The molecule has 1 heterocycles. The molecule has 1 saturated heterocycles. The van der Waals surface area contributed by atoms with Gasteiger partial charge in [-0.25, -0.2) is 0 Å². The predicted octanol–water partition coefficient (Wildman–Crippen LogP) is 1.86. The molecule has 0 spiro atoms. The van der Waals surface area contributed by atoms with Gasteiger partial charge in [0.25, 0.3) is 0 Å². The van der Waals surface area contributed by atoms with Crippen molar-refractivity contribution in [1.29, 1.82) is 0 Å². The van der Waals surface area contributed by atoms with Crippen LogP contribution in [0.3, 0.4) is 0 Å². The number of nitrogens with zero attached hydrogens (tertiary/aromatic N) is 2. The number of hydrogen-bond donors (Lipinski definition) is 2. The van der Waals surface area contributed by atoms with Crippen LogP contribution in [0.4, 0.5) is 0 Å². The fraction of sp³-hybridized carbons (Fsp3) is 0.182. The molecule has 1 aromatic carbocycles. The Kier molecular flexibility index (Phi) is 4.23. The van der Waals surface area contributed by atoms with Gasteiger partial charge in [-0.2, -0.15) is 5.10 Å². The molecule has 0 radical (unpaired) electrons. The summed E-state index contributed by atoms with van der Waals surface area (Å²) in [7, 11) is 0. The van der Waals surface area contributed by atoms with Gasteiger partial charge in [-0.15, -0.1) is 5.10 Å². The Hall–Kier alpha value is -1.09. The van der Waals surface area contributed by atoms with E-state index in [9.17, 15) is 9.90 Å². The van der Waals surface area contributed by atoms with E-state index >= 15 is 0 Å². The third-order valence-corrected chi connectivity index (χ3v) is 4.27. The number of carbonyl (C=O) groups excluding carboxylic acids is 1. The third-order valence-electron chi connectivity index (χ3n) is 2.24. The molecule has 1 aromatic rings. The van der Waals surface area contributed by atoms with E-state index in [1.165, 1.54) is 18.0 Å². The number of amidine groups is 1. The van der Waals surface area contributed by atoms with E-state index in [2.05, 4.69) is 38.1 Å². The third kappa shape index (κ3) is 3.22. The monoisotopic (exact) mass is 375 g/mol. The van der Waals surface area contributed by atoms with Crippen molar-refractivity contribution >= 4 is 51.6 Å². The maximum absolute atomic E-state index is 10.9. The fourth-order valence-corrected chi connectivity index (χ4v) is 2.43. The van der Waals surface area contributed by atoms with Crippen LogP contribution in [0.15, 0.2) is 22.3 Å². The number of thioether (sulfide) groups is 1. The van der Waals surface area contributed by atoms with Gasteiger partial charge in [0.2, 0.25) is 5.91 Å². The van der Waals surface area contributed by atoms with Crippen LogP contribution in [0.2, 0.25) is 0 Å². The summed E-state index contributed by atoms with van der Waals surface area (Å²) in [5, 5.41) is 20.5. The fourth-order valence-electron chi connectivity index (χ4n) is 1.31. The summed E-state index contributed by atoms with van der Waals surface area (Å²) in [5.74, 6) is 0.476. The summed E-state index contributed by atoms with van der Waals surface area (Å²) in [5.41, 5.74) is 1.61. The second-order valence-electron chi connectivity index (χ2n) is 3.65. The highest BCUT2D eigenvalue weighted by Gasteiger charge is 2.15. The Morgan fingerprint density at radius 3 is 3.00 bits per heavy atom. The maximum Gasteiger partial charge on any atom is 0.236 e. The number of rotatable bonds is 2. The number of hydrogen-bond acceptors (Lipinski definition) is 5. The number of amides is 1. The number of halogens is 1. The van der Waals surface area contributed by atoms with E-state index in [0.29, 0.717) is 16.5 Å². The first-order valence-electron chi connectivity index (χ1n) is 5.09. The van der Waals surface area contributed by atoms with Gasteiger partial charge in [0.15, 0.2) is 5.17 Å². The Morgan fingerprint density at radius 1 is 1.56 bits per heavy atom. The number of benzene rings is 1. The molecule has 94 valence electrons. The van der Waals surface area contributed by atoms with Crippen molar-refractivity contribution in [2.24, 2.45) is 10.2 Å². The predicted molar refractivity (Wildman–Crippen MR) is 81.2 cm³/mol. The summed E-state index contributed by atoms with van der Waals surface area (Å²) in [6.07, 6.45) is 1.47. The molecule has 2 rings (SSSR count). The SMILES string of the molecule is Cc1cc(O)c(C=NN=C2NC(=O)CS2)cc1I. The highest BCUT2D eigenvalue weighted by molar-refractivity contribution is 14.1. The lowest BCUT2D eigenvalue weighted by Gasteiger charge is -2.02. The van der Waals surface area contributed by atoms with Gasteiger partial charge < -0.3 is 10.4 Å². The molecule has 18 heavy (non-hydrogen) atoms. The quantitative estimate of drug-likeness (QED) is 0.471. The van der Waals surface area contributed by atoms with Crippen LogP contribution >= 0.6 is 34.4 Å². The summed E-state index contributed by atoms with van der Waals surface area (Å²) in [6, 6.07) is 3.51. The van der Waals surface area contributed by atoms with Gasteiger partial charge >= 0.3 is 0 Å². The number of carbonyl (C=O) groups is 1. The molecule has 0 aliphatic carbocycles. The lowest BCUT2D eigenvalue weighted by molar-refractivity contribution is -0.116. The van der Waals surface area contributed by atoms with E-state index in [1.54, 1.807) is 6.07 Å². The Bertz CT molecular complexity index is 557. The largest absolute Gasteiger partial charge is 0.507 e. The smallest absolute Gasteiger partial charge is 0.236 e. The number of phenols is 1. The van der Waals surface area contributed by atoms with E-state index in [1.807, 2.05) is 13.0 Å². The molecule has 1 fully saturated rings. The Labute approximate surface area is 122 Å². The van der Waals surface area contributed by atoms with Gasteiger partial charge in [-0.1, -0.05) is 11.8 Å². The number of nitrogens with one attached hydrogen (secondary N) is 1. The Morgan fingerprint density at radius 2 is 2.33 bits per heavy atom. The van der Waals surface area contributed by atoms with Crippen LogP contribution in [0.5, 0.6) is 5.75 Å². The Balaban J connectivity index is 2.14. The van der Waals surface area contributed by atoms with Gasteiger partial charge in [-0.3, -0.25) is 4.79 Å². The van der Waals surface area contributed by atoms with Gasteiger partial charge in [0.1, 0.15) is 5.75 Å². The highest BCUT2D eigenvalue weighted by Crippen LogP contribution is 2.22. The molecule has 1 amide bonds. The van der Waals surface area contributed by atoms with Gasteiger partial charge in [-0.05, 0) is 47.2 Å². The molecular formula is C11H10IN3O2S. The van der Waals surface area contributed by atoms with Crippen LogP contribution in [-0.2, 0) is 4.79 Å². The molecule has 1 aliphatic heterocycles. The van der Waals surface area contributed by atoms with Crippen LogP contribution in [0.25, 0.3) is 0 Å². The lowest BCUT2D eigenvalue weighted by Crippen LogP contribution is -2.19. The standard InChI is InChI=1S/C11H10IN3O2S/c1-6-2-9(16)7(3-8(6)12)4-13-15-11-14-10(17)5-18-11/h2-4,16H,5H2,1H3,(H,14,15,17). The number of aromatic hydroxyl groups is 1. The first-order chi connectivity index (χ1) is 8.56. The topological polar surface area (TPSA) is 74.1 Å². The van der Waals surface area contributed by atoms with E-state index in [0.717, 1.165) is 9.13 Å². The van der Waals surface area contributed by atoms with E-state index in [4.69, 9.17) is 0 Å². The molecule has 0 unspecified atom stereocenters. The van der Waals surface area contributed by atoms with Crippen LogP contribution in [-0.4, -0.2) is 28.1 Å². The van der Waals surface area contributed by atoms with Crippen molar-refractivity contribution in [3.63, 3.8) is 0 Å². The zero-order chi connectivity index (χ0) is 13.1. The number of phenolic OH excluding ortho intramolecular Hbond substituents is 1. The first kappa shape index (κ1) is 13.3. The second kappa shape index (κ2) is 5.70. The molecule has 2 N–H and O–H groups in total. The van der Waals surface area contributed by atoms with E-state index in [-0.39, 0.29) is 11.7 Å². The summed E-state index contributed by atoms with van der Waals surface area (Å²) in [4.78, 5) is 10.9. The van der Waals surface area contributed by atoms with Crippen LogP contribution in [0, 0.1) is 10.5 Å². The van der Waals surface area contributed by atoms with Crippen LogP contribution < -0.4 is 5.32 Å².